The third-order valence-corrected chi connectivity index (χ3v) is 3.70. The van der Waals surface area contributed by atoms with Gasteiger partial charge in [0.25, 0.3) is 0 Å². The van der Waals surface area contributed by atoms with E-state index < -0.39 is 12.3 Å². The van der Waals surface area contributed by atoms with Crippen LogP contribution in [0.3, 0.4) is 0 Å². The van der Waals surface area contributed by atoms with E-state index in [9.17, 15) is 9.90 Å². The van der Waals surface area contributed by atoms with E-state index >= 15 is 0 Å². The number of rotatable bonds is 5. The number of hydrogen-bond donors (Lipinski definition) is 1. The van der Waals surface area contributed by atoms with Crippen molar-refractivity contribution in [2.24, 2.45) is 0 Å². The Morgan fingerprint density at radius 1 is 1.25 bits per heavy atom. The molecule has 0 bridgehead atoms. The maximum Gasteiger partial charge on any atom is 0.341 e. The fraction of sp³-hybridized carbons (Fsp3) is 0.294. The summed E-state index contributed by atoms with van der Waals surface area (Å²) in [6, 6.07) is 5.20. The minimum absolute atomic E-state index is 0.130. The third kappa shape index (κ3) is 2.98. The summed E-state index contributed by atoms with van der Waals surface area (Å²) in [5.41, 5.74) is 1.75. The van der Waals surface area contributed by atoms with E-state index in [1.54, 1.807) is 18.5 Å². The van der Waals surface area contributed by atoms with Gasteiger partial charge in [0.1, 0.15) is 6.61 Å². The monoisotopic (exact) mass is 331 g/mol. The van der Waals surface area contributed by atoms with Crippen molar-refractivity contribution in [3.63, 3.8) is 0 Å². The molecule has 1 aliphatic rings. The highest BCUT2D eigenvalue weighted by atomic mass is 16.6. The van der Waals surface area contributed by atoms with E-state index in [-0.39, 0.29) is 13.0 Å². The number of nitrogens with zero attached hydrogens (tertiary/aromatic N) is 1. The molecular weight excluding hydrogens is 314 g/mol. The van der Waals surface area contributed by atoms with Gasteiger partial charge in [-0.1, -0.05) is 0 Å². The van der Waals surface area contributed by atoms with Crippen molar-refractivity contribution >= 4 is 5.97 Å². The second-order valence-corrected chi connectivity index (χ2v) is 5.18. The molecule has 0 fully saturated rings. The number of benzene rings is 1. The standard InChI is InChI=1S/C17H17NO6/c1-21-15-11-8-14(19)24-17(20)12(11)7-13(16(15)22-2)23-9-10-3-5-18-6-4-10/h3-7,14,19H,8-9H2,1-2H3. The lowest BCUT2D eigenvalue weighted by molar-refractivity contribution is -0.0691. The lowest BCUT2D eigenvalue weighted by atomic mass is 9.99. The first-order valence-corrected chi connectivity index (χ1v) is 7.32. The van der Waals surface area contributed by atoms with Crippen molar-refractivity contribution in [1.29, 1.82) is 0 Å². The molecule has 0 aliphatic carbocycles. The average Bonchev–Trinajstić information content (AvgIpc) is 2.59. The predicted octanol–water partition coefficient (Wildman–Crippen LogP) is 1.71. The van der Waals surface area contributed by atoms with E-state index in [1.807, 2.05) is 12.1 Å². The van der Waals surface area contributed by atoms with Crippen LogP contribution in [0.5, 0.6) is 17.2 Å². The Morgan fingerprint density at radius 2 is 1.96 bits per heavy atom. The molecule has 0 spiro atoms. The van der Waals surface area contributed by atoms with Crippen molar-refractivity contribution in [1.82, 2.24) is 4.98 Å². The minimum Gasteiger partial charge on any atom is -0.492 e. The molecule has 1 aliphatic heterocycles. The zero-order valence-electron chi connectivity index (χ0n) is 13.3. The molecule has 24 heavy (non-hydrogen) atoms. The maximum absolute atomic E-state index is 12.0. The van der Waals surface area contributed by atoms with Crippen LogP contribution in [0.1, 0.15) is 21.5 Å². The summed E-state index contributed by atoms with van der Waals surface area (Å²) < 4.78 is 21.4. The lowest BCUT2D eigenvalue weighted by Crippen LogP contribution is -2.28. The first-order valence-electron chi connectivity index (χ1n) is 7.32. The highest BCUT2D eigenvalue weighted by Gasteiger charge is 2.32. The first kappa shape index (κ1) is 16.1. The first-order chi connectivity index (χ1) is 11.6. The van der Waals surface area contributed by atoms with Gasteiger partial charge in [-0.15, -0.1) is 0 Å². The molecule has 7 nitrogen and oxygen atoms in total. The number of pyridine rings is 1. The molecule has 0 saturated carbocycles. The predicted molar refractivity (Wildman–Crippen MR) is 83.2 cm³/mol. The van der Waals surface area contributed by atoms with Crippen LogP contribution in [-0.4, -0.2) is 36.6 Å². The van der Waals surface area contributed by atoms with Crippen LogP contribution in [0.25, 0.3) is 0 Å². The molecule has 126 valence electrons. The van der Waals surface area contributed by atoms with Crippen molar-refractivity contribution < 1.29 is 28.8 Å². The van der Waals surface area contributed by atoms with Gasteiger partial charge in [-0.3, -0.25) is 4.98 Å². The van der Waals surface area contributed by atoms with Crippen LogP contribution in [0, 0.1) is 0 Å². The highest BCUT2D eigenvalue weighted by molar-refractivity contribution is 5.94. The van der Waals surface area contributed by atoms with Crippen LogP contribution in [-0.2, 0) is 17.8 Å². The Balaban J connectivity index is 1.99. The minimum atomic E-state index is -1.20. The van der Waals surface area contributed by atoms with Gasteiger partial charge in [0, 0.05) is 24.4 Å². The molecule has 0 radical (unpaired) electrons. The molecule has 7 heteroatoms. The number of fused-ring (bicyclic) bond motifs is 1. The molecule has 2 aromatic rings. The summed E-state index contributed by atoms with van der Waals surface area (Å²) in [5.74, 6) is 0.458. The van der Waals surface area contributed by atoms with E-state index in [2.05, 4.69) is 4.98 Å². The number of methoxy groups -OCH3 is 2. The van der Waals surface area contributed by atoms with Crippen molar-refractivity contribution in [2.45, 2.75) is 19.3 Å². The van der Waals surface area contributed by atoms with Gasteiger partial charge in [-0.05, 0) is 23.8 Å². The van der Waals surface area contributed by atoms with Crippen LogP contribution in [0.15, 0.2) is 30.6 Å². The summed E-state index contributed by atoms with van der Waals surface area (Å²) in [6.45, 7) is 0.276. The number of esters is 1. The SMILES string of the molecule is COc1c(OCc2ccncc2)cc2c(c1OC)CC(O)OC2=O. The number of hydrogen-bond acceptors (Lipinski definition) is 7. The topological polar surface area (TPSA) is 87.1 Å². The second kappa shape index (κ2) is 6.76. The molecule has 1 N–H and O–H groups in total. The Morgan fingerprint density at radius 3 is 2.62 bits per heavy atom. The normalized spacial score (nSPS) is 16.1. The second-order valence-electron chi connectivity index (χ2n) is 5.18. The van der Waals surface area contributed by atoms with Crippen molar-refractivity contribution in [2.75, 3.05) is 14.2 Å². The number of aromatic nitrogens is 1. The van der Waals surface area contributed by atoms with Gasteiger partial charge in [-0.2, -0.15) is 0 Å². The Kier molecular flexibility index (Phi) is 4.52. The van der Waals surface area contributed by atoms with E-state index in [4.69, 9.17) is 18.9 Å². The third-order valence-electron chi connectivity index (χ3n) is 3.70. The van der Waals surface area contributed by atoms with Crippen molar-refractivity contribution in [3.8, 4) is 17.2 Å². The number of carbonyl (C=O) groups is 1. The molecule has 1 aromatic carbocycles. The van der Waals surface area contributed by atoms with Gasteiger partial charge in [0.15, 0.2) is 11.5 Å². The highest BCUT2D eigenvalue weighted by Crippen LogP contribution is 2.44. The summed E-state index contributed by atoms with van der Waals surface area (Å²) in [7, 11) is 2.96. The molecule has 2 heterocycles. The average molecular weight is 331 g/mol. The number of aliphatic hydroxyl groups is 1. The van der Waals surface area contributed by atoms with Gasteiger partial charge in [0.2, 0.25) is 12.0 Å². The van der Waals surface area contributed by atoms with E-state index in [1.165, 1.54) is 14.2 Å². The quantitative estimate of drug-likeness (QED) is 0.835. The van der Waals surface area contributed by atoms with Gasteiger partial charge in [0.05, 0.1) is 19.8 Å². The fourth-order valence-electron chi connectivity index (χ4n) is 2.60. The summed E-state index contributed by atoms with van der Waals surface area (Å²) >= 11 is 0. The molecule has 3 rings (SSSR count). The number of aliphatic hydroxyl groups excluding tert-OH is 1. The fourth-order valence-corrected chi connectivity index (χ4v) is 2.60. The van der Waals surface area contributed by atoms with Gasteiger partial charge in [-0.25, -0.2) is 4.79 Å². The molecule has 0 amide bonds. The van der Waals surface area contributed by atoms with Crippen LogP contribution in [0.4, 0.5) is 0 Å². The zero-order chi connectivity index (χ0) is 17.1. The maximum atomic E-state index is 12.0. The Hall–Kier alpha value is -2.80. The molecular formula is C17H17NO6. The van der Waals surface area contributed by atoms with Crippen molar-refractivity contribution in [3.05, 3.63) is 47.3 Å². The van der Waals surface area contributed by atoms with Crippen LogP contribution in [0.2, 0.25) is 0 Å². The molecule has 1 unspecified atom stereocenters. The Bertz CT molecular complexity index is 746. The zero-order valence-corrected chi connectivity index (χ0v) is 13.3. The summed E-state index contributed by atoms with van der Waals surface area (Å²) in [5, 5.41) is 9.65. The largest absolute Gasteiger partial charge is 0.492 e. The lowest BCUT2D eigenvalue weighted by Gasteiger charge is -2.25. The summed E-state index contributed by atoms with van der Waals surface area (Å²) in [4.78, 5) is 16.0. The smallest absolute Gasteiger partial charge is 0.341 e. The molecule has 1 atom stereocenters. The van der Waals surface area contributed by atoms with E-state index in [0.29, 0.717) is 28.4 Å². The van der Waals surface area contributed by atoms with Crippen LogP contribution < -0.4 is 14.2 Å². The molecule has 1 aromatic heterocycles. The molecule has 0 saturated heterocycles. The summed E-state index contributed by atoms with van der Waals surface area (Å²) in [6.07, 6.45) is 2.27. The van der Waals surface area contributed by atoms with Gasteiger partial charge < -0.3 is 24.1 Å². The number of carbonyl (C=O) groups excluding carboxylic acids is 1. The number of cyclic esters (lactones) is 1. The van der Waals surface area contributed by atoms with Crippen LogP contribution >= 0.6 is 0 Å². The Labute approximate surface area is 138 Å². The number of ether oxygens (including phenoxy) is 4. The van der Waals surface area contributed by atoms with E-state index in [0.717, 1.165) is 5.56 Å². The van der Waals surface area contributed by atoms with Gasteiger partial charge >= 0.3 is 5.97 Å².